The van der Waals surface area contributed by atoms with Crippen LogP contribution in [0.3, 0.4) is 0 Å². The molecule has 0 aromatic heterocycles. The molecule has 0 saturated carbocycles. The summed E-state index contributed by atoms with van der Waals surface area (Å²) in [5.41, 5.74) is -2.20. The average Bonchev–Trinajstić information content (AvgIpc) is 3.47. The van der Waals surface area contributed by atoms with Crippen LogP contribution in [-0.2, 0) is 23.8 Å². The van der Waals surface area contributed by atoms with E-state index in [0.29, 0.717) is 43.8 Å². The van der Waals surface area contributed by atoms with E-state index >= 15 is 0 Å². The lowest BCUT2D eigenvalue weighted by molar-refractivity contribution is -0.231. The summed E-state index contributed by atoms with van der Waals surface area (Å²) in [6.07, 6.45) is -7.32. The number of aromatic hydroxyl groups is 1. The molecule has 8 atom stereocenters. The van der Waals surface area contributed by atoms with Gasteiger partial charge in [-0.3, -0.25) is 14.5 Å². The maximum absolute atomic E-state index is 13.0. The van der Waals surface area contributed by atoms with Crippen LogP contribution in [0.2, 0.25) is 0 Å². The molecule has 3 heterocycles. The third-order valence-corrected chi connectivity index (χ3v) is 9.94. The van der Waals surface area contributed by atoms with E-state index in [2.05, 4.69) is 15.5 Å². The van der Waals surface area contributed by atoms with Crippen molar-refractivity contribution in [2.24, 2.45) is 0 Å². The quantitative estimate of drug-likeness (QED) is 0.174. The number of phenols is 1. The Morgan fingerprint density at radius 2 is 1.78 bits per heavy atom. The van der Waals surface area contributed by atoms with Crippen molar-refractivity contribution in [1.82, 2.24) is 20.4 Å². The molecule has 16 nitrogen and oxygen atoms in total. The third-order valence-electron chi connectivity index (χ3n) is 9.94. The predicted molar refractivity (Wildman–Crippen MR) is 182 cm³/mol. The van der Waals surface area contributed by atoms with Crippen molar-refractivity contribution >= 4 is 23.9 Å². The Hall–Kier alpha value is -3.54. The molecular formula is C35H54N4O12. The number of amides is 3. The number of rotatable bonds is 10. The van der Waals surface area contributed by atoms with E-state index in [1.807, 2.05) is 6.92 Å². The highest BCUT2D eigenvalue weighted by molar-refractivity contribution is 5.94. The first-order valence-corrected chi connectivity index (χ1v) is 17.3. The molecule has 1 spiro atoms. The van der Waals surface area contributed by atoms with Gasteiger partial charge in [-0.1, -0.05) is 0 Å². The Bertz CT molecular complexity index is 1450. The van der Waals surface area contributed by atoms with Crippen LogP contribution in [-0.4, -0.2) is 152 Å². The topological polar surface area (TPSA) is 228 Å². The summed E-state index contributed by atoms with van der Waals surface area (Å²) in [5.74, 6) is -2.53. The molecule has 0 bridgehead atoms. The molecule has 3 aliphatic heterocycles. The molecule has 4 rings (SSSR count). The number of carbonyl (C=O) groups excluding carboxylic acids is 3. The van der Waals surface area contributed by atoms with E-state index < -0.39 is 84.0 Å². The summed E-state index contributed by atoms with van der Waals surface area (Å²) < 4.78 is 17.8. The molecule has 7 N–H and O–H groups in total. The van der Waals surface area contributed by atoms with Crippen molar-refractivity contribution in [3.63, 3.8) is 0 Å². The number of hydrogen-bond acceptors (Lipinski definition) is 12. The van der Waals surface area contributed by atoms with Gasteiger partial charge in [0.15, 0.2) is 5.60 Å². The zero-order valence-electron chi connectivity index (χ0n) is 30.5. The maximum Gasteiger partial charge on any atom is 0.410 e. The molecule has 0 aliphatic carbocycles. The van der Waals surface area contributed by atoms with Crippen LogP contribution in [0.5, 0.6) is 5.75 Å². The summed E-state index contributed by atoms with van der Waals surface area (Å²) in [6.45, 7) is 12.8. The molecule has 3 aliphatic rings. The summed E-state index contributed by atoms with van der Waals surface area (Å²) in [7, 11) is 0. The molecule has 0 radical (unpaired) electrons. The van der Waals surface area contributed by atoms with Crippen LogP contribution in [0.15, 0.2) is 12.1 Å². The first kappa shape index (κ1) is 40.2. The monoisotopic (exact) mass is 722 g/mol. The van der Waals surface area contributed by atoms with Crippen LogP contribution in [0.25, 0.3) is 0 Å². The maximum atomic E-state index is 13.0. The Morgan fingerprint density at radius 3 is 2.37 bits per heavy atom. The lowest BCUT2D eigenvalue weighted by Crippen LogP contribution is -2.68. The molecule has 51 heavy (non-hydrogen) atoms. The van der Waals surface area contributed by atoms with E-state index in [4.69, 9.17) is 14.2 Å². The standard InChI is InChI=1S/C35H54N4O12/c1-19-12-23(13-20(2)27(19)43)30(45)36-15-25(42)28(44)29-26(37-22(4)40)24(41)14-35(50-29,31(46)47)9-11-39-16-21(3)49-18-34(39)8-10-38(17-34)32(48)51-33(5,6)7/h12-13,21,24-26,28-29,41-44H,8-11,14-18H2,1-7H3,(H,36,45)(H,37,40)(H,46,47)/t21-,24+,25-,26-,28-,29-,34+,35-/m1/s1. The molecule has 16 heteroatoms. The van der Waals surface area contributed by atoms with Gasteiger partial charge in [-0.2, -0.15) is 0 Å². The number of hydrogen-bond donors (Lipinski definition) is 7. The number of carboxylic acid groups (broad SMARTS) is 1. The molecule has 286 valence electrons. The van der Waals surface area contributed by atoms with Crippen LogP contribution in [0, 0.1) is 13.8 Å². The number of aliphatic carboxylic acids is 1. The Morgan fingerprint density at radius 1 is 1.14 bits per heavy atom. The van der Waals surface area contributed by atoms with E-state index in [1.54, 1.807) is 39.5 Å². The molecule has 1 aromatic rings. The summed E-state index contributed by atoms with van der Waals surface area (Å²) in [6, 6.07) is 1.65. The van der Waals surface area contributed by atoms with Gasteiger partial charge in [0.05, 0.1) is 36.5 Å². The fraction of sp³-hybridized carbons (Fsp3) is 0.714. The second kappa shape index (κ2) is 15.6. The van der Waals surface area contributed by atoms with Crippen LogP contribution in [0.1, 0.15) is 75.4 Å². The number of ether oxygens (including phenoxy) is 3. The van der Waals surface area contributed by atoms with Gasteiger partial charge in [0, 0.05) is 58.1 Å². The van der Waals surface area contributed by atoms with Gasteiger partial charge in [-0.25, -0.2) is 9.59 Å². The van der Waals surface area contributed by atoms with Gasteiger partial charge in [-0.05, 0) is 71.2 Å². The minimum atomic E-state index is -2.05. The van der Waals surface area contributed by atoms with E-state index in [0.717, 1.165) is 0 Å². The number of carbonyl (C=O) groups is 4. The average molecular weight is 723 g/mol. The van der Waals surface area contributed by atoms with Crippen molar-refractivity contribution in [2.45, 2.75) is 121 Å². The van der Waals surface area contributed by atoms with Crippen molar-refractivity contribution in [3.05, 3.63) is 28.8 Å². The summed E-state index contributed by atoms with van der Waals surface area (Å²) in [4.78, 5) is 54.6. The molecule has 0 unspecified atom stereocenters. The number of morpholine rings is 1. The predicted octanol–water partition coefficient (Wildman–Crippen LogP) is 0.429. The summed E-state index contributed by atoms with van der Waals surface area (Å²) >= 11 is 0. The van der Waals surface area contributed by atoms with Gasteiger partial charge in [0.1, 0.15) is 23.6 Å². The number of likely N-dealkylation sites (tertiary alicyclic amines) is 1. The molecule has 3 amide bonds. The third kappa shape index (κ3) is 9.28. The number of aliphatic hydroxyl groups is 3. The fourth-order valence-electron chi connectivity index (χ4n) is 7.20. The molecule has 3 fully saturated rings. The number of carboxylic acids is 1. The highest BCUT2D eigenvalue weighted by atomic mass is 16.6. The van der Waals surface area contributed by atoms with Crippen LogP contribution >= 0.6 is 0 Å². The lowest BCUT2D eigenvalue weighted by Gasteiger charge is -2.50. The fourth-order valence-corrected chi connectivity index (χ4v) is 7.20. The number of nitrogens with zero attached hydrogens (tertiary/aromatic N) is 2. The Labute approximate surface area is 298 Å². The Kier molecular flexibility index (Phi) is 12.3. The van der Waals surface area contributed by atoms with Crippen molar-refractivity contribution in [1.29, 1.82) is 0 Å². The minimum Gasteiger partial charge on any atom is -0.507 e. The Balaban J connectivity index is 1.52. The van der Waals surface area contributed by atoms with Gasteiger partial charge in [-0.15, -0.1) is 0 Å². The second-order valence-electron chi connectivity index (χ2n) is 15.3. The highest BCUT2D eigenvalue weighted by Gasteiger charge is 2.56. The highest BCUT2D eigenvalue weighted by Crippen LogP contribution is 2.38. The molecule has 1 aromatic carbocycles. The normalized spacial score (nSPS) is 29.7. The zero-order valence-corrected chi connectivity index (χ0v) is 30.5. The number of aryl methyl sites for hydroxylation is 2. The van der Waals surface area contributed by atoms with E-state index in [-0.39, 0.29) is 30.4 Å². The smallest absolute Gasteiger partial charge is 0.410 e. The lowest BCUT2D eigenvalue weighted by atomic mass is 9.81. The van der Waals surface area contributed by atoms with Crippen molar-refractivity contribution < 1.29 is 58.9 Å². The minimum absolute atomic E-state index is 0.0465. The van der Waals surface area contributed by atoms with Crippen LogP contribution < -0.4 is 10.6 Å². The molecular weight excluding hydrogens is 668 g/mol. The number of aliphatic hydroxyl groups excluding tert-OH is 3. The SMILES string of the molecule is CC(=O)N[C@H]1[C@H]([C@H](O)[C@H](O)CNC(=O)c2cc(C)c(O)c(C)c2)O[C@@](CCN2C[C@@H](C)OC[C@@]23CCN(C(=O)OC(C)(C)C)C3)(C(=O)O)C[C@@H]1O. The van der Waals surface area contributed by atoms with Crippen LogP contribution in [0.4, 0.5) is 4.79 Å². The van der Waals surface area contributed by atoms with Gasteiger partial charge in [0.25, 0.3) is 5.91 Å². The number of phenolic OH excluding ortho intramolecular Hbond substituents is 1. The van der Waals surface area contributed by atoms with E-state index in [1.165, 1.54) is 19.1 Å². The van der Waals surface area contributed by atoms with Gasteiger partial charge < -0.3 is 55.3 Å². The van der Waals surface area contributed by atoms with E-state index in [9.17, 15) is 44.7 Å². The van der Waals surface area contributed by atoms with Crippen molar-refractivity contribution in [2.75, 3.05) is 39.3 Å². The first-order chi connectivity index (χ1) is 23.7. The van der Waals surface area contributed by atoms with Gasteiger partial charge >= 0.3 is 12.1 Å². The van der Waals surface area contributed by atoms with Gasteiger partial charge in [0.2, 0.25) is 5.91 Å². The first-order valence-electron chi connectivity index (χ1n) is 17.3. The summed E-state index contributed by atoms with van der Waals surface area (Å²) in [5, 5.41) is 59.3. The second-order valence-corrected chi connectivity index (χ2v) is 15.3. The number of benzene rings is 1. The molecule has 3 saturated heterocycles. The zero-order chi connectivity index (χ0) is 38.1. The van der Waals surface area contributed by atoms with Crippen molar-refractivity contribution in [3.8, 4) is 5.75 Å². The number of nitrogens with one attached hydrogen (secondary N) is 2. The largest absolute Gasteiger partial charge is 0.507 e.